The molecule has 4 nitrogen and oxygen atoms in total. The van der Waals surface area contributed by atoms with E-state index in [4.69, 9.17) is 10.8 Å². The molecule has 0 aliphatic carbocycles. The lowest BCUT2D eigenvalue weighted by Crippen LogP contribution is -2.05. The normalized spacial score (nSPS) is 7.62. The Morgan fingerprint density at radius 2 is 1.62 bits per heavy atom. The van der Waals surface area contributed by atoms with Crippen LogP contribution in [0.2, 0.25) is 0 Å². The Hall–Kier alpha value is -1.58. The average molecular weight is 185 g/mol. The van der Waals surface area contributed by atoms with Gasteiger partial charge < -0.3 is 10.8 Å². The van der Waals surface area contributed by atoms with E-state index in [0.29, 0.717) is 0 Å². The van der Waals surface area contributed by atoms with Crippen molar-refractivity contribution in [1.29, 1.82) is 0 Å². The van der Waals surface area contributed by atoms with Crippen LogP contribution in [0.25, 0.3) is 0 Å². The van der Waals surface area contributed by atoms with Crippen molar-refractivity contribution in [2.75, 3.05) is 0 Å². The fourth-order valence-corrected chi connectivity index (χ4v) is 0.285. The molecule has 0 saturated heterocycles. The van der Waals surface area contributed by atoms with Crippen LogP contribution in [-0.2, 0) is 9.59 Å². The molecule has 0 atom stereocenters. The van der Waals surface area contributed by atoms with Crippen molar-refractivity contribution in [2.24, 2.45) is 5.73 Å². The quantitative estimate of drug-likeness (QED) is 0.632. The van der Waals surface area contributed by atoms with E-state index in [1.165, 1.54) is 13.0 Å². The third-order valence-corrected chi connectivity index (χ3v) is 0.796. The Labute approximate surface area is 77.7 Å². The number of carbonyl (C=O) groups is 2. The second-order valence-electron chi connectivity index (χ2n) is 2.71. The van der Waals surface area contributed by atoms with E-state index in [1.807, 2.05) is 13.8 Å². The maximum Gasteiger partial charge on any atom is 0.330 e. The predicted octanol–water partition coefficient (Wildman–Crippen LogP) is 1.08. The molecule has 0 spiro atoms. The number of amides is 1. The standard InChI is InChI=1S/C5H9NO.C4H6O2/c1-4(2)3-5(6)7;1-3(2)4(5)6/h3H,1-2H3,(H2,6,7);1H2,2H3,(H,5,6). The zero-order valence-corrected chi connectivity index (χ0v) is 8.13. The highest BCUT2D eigenvalue weighted by Crippen LogP contribution is 1.84. The molecule has 0 fully saturated rings. The monoisotopic (exact) mass is 185 g/mol. The highest BCUT2D eigenvalue weighted by Gasteiger charge is 1.90. The number of hydrogen-bond donors (Lipinski definition) is 2. The van der Waals surface area contributed by atoms with Crippen LogP contribution < -0.4 is 5.73 Å². The van der Waals surface area contributed by atoms with E-state index in [9.17, 15) is 9.59 Å². The van der Waals surface area contributed by atoms with Gasteiger partial charge >= 0.3 is 5.97 Å². The van der Waals surface area contributed by atoms with Gasteiger partial charge in [0.05, 0.1) is 0 Å². The number of primary amides is 1. The summed E-state index contributed by atoms with van der Waals surface area (Å²) in [7, 11) is 0. The lowest BCUT2D eigenvalue weighted by molar-refractivity contribution is -0.132. The maximum absolute atomic E-state index is 9.96. The molecule has 3 N–H and O–H groups in total. The first kappa shape index (κ1) is 14.0. The molecule has 0 aliphatic rings. The third-order valence-electron chi connectivity index (χ3n) is 0.796. The molecule has 0 saturated carbocycles. The van der Waals surface area contributed by atoms with Crippen LogP contribution in [0.3, 0.4) is 0 Å². The van der Waals surface area contributed by atoms with E-state index in [0.717, 1.165) is 5.57 Å². The van der Waals surface area contributed by atoms with Gasteiger partial charge in [0.25, 0.3) is 0 Å². The van der Waals surface area contributed by atoms with Crippen LogP contribution in [0.4, 0.5) is 0 Å². The minimum atomic E-state index is -0.935. The highest BCUT2D eigenvalue weighted by molar-refractivity contribution is 5.86. The Morgan fingerprint density at radius 1 is 1.31 bits per heavy atom. The summed E-state index contributed by atoms with van der Waals surface area (Å²) in [4.78, 5) is 19.6. The van der Waals surface area contributed by atoms with Gasteiger partial charge in [0.1, 0.15) is 0 Å². The largest absolute Gasteiger partial charge is 0.478 e. The molecule has 13 heavy (non-hydrogen) atoms. The van der Waals surface area contributed by atoms with E-state index < -0.39 is 5.97 Å². The molecule has 0 unspecified atom stereocenters. The number of carboxylic acids is 1. The molecule has 0 aromatic carbocycles. The van der Waals surface area contributed by atoms with Gasteiger partial charge in [0.2, 0.25) is 5.91 Å². The SMILES string of the molecule is C=C(C)C(=O)O.CC(C)=CC(N)=O. The van der Waals surface area contributed by atoms with E-state index in [-0.39, 0.29) is 11.5 Å². The van der Waals surface area contributed by atoms with Crippen molar-refractivity contribution in [3.63, 3.8) is 0 Å². The molecule has 0 aliphatic heterocycles. The molecule has 4 heteroatoms. The summed E-state index contributed by atoms with van der Waals surface area (Å²) >= 11 is 0. The lowest BCUT2D eigenvalue weighted by atomic mass is 10.3. The maximum atomic E-state index is 9.96. The van der Waals surface area contributed by atoms with Crippen molar-refractivity contribution in [3.8, 4) is 0 Å². The van der Waals surface area contributed by atoms with E-state index in [2.05, 4.69) is 6.58 Å². The Bertz CT molecular complexity index is 225. The van der Waals surface area contributed by atoms with Gasteiger partial charge in [-0.25, -0.2) is 4.79 Å². The van der Waals surface area contributed by atoms with Crippen molar-refractivity contribution < 1.29 is 14.7 Å². The van der Waals surface area contributed by atoms with Gasteiger partial charge in [-0.1, -0.05) is 12.2 Å². The molecular formula is C9H15NO3. The number of carbonyl (C=O) groups excluding carboxylic acids is 1. The van der Waals surface area contributed by atoms with Crippen LogP contribution in [0.1, 0.15) is 20.8 Å². The molecule has 0 aromatic rings. The molecule has 0 rings (SSSR count). The van der Waals surface area contributed by atoms with E-state index >= 15 is 0 Å². The van der Waals surface area contributed by atoms with E-state index in [1.54, 1.807) is 0 Å². The fraction of sp³-hybridized carbons (Fsp3) is 0.333. The lowest BCUT2D eigenvalue weighted by Gasteiger charge is -1.80. The molecule has 0 aromatic heterocycles. The summed E-state index contributed by atoms with van der Waals surface area (Å²) < 4.78 is 0. The molecule has 0 heterocycles. The van der Waals surface area contributed by atoms with Crippen LogP contribution in [0.5, 0.6) is 0 Å². The second kappa shape index (κ2) is 7.09. The minimum absolute atomic E-state index is 0.176. The summed E-state index contributed by atoms with van der Waals surface area (Å²) in [5.74, 6) is -1.31. The molecular weight excluding hydrogens is 170 g/mol. The second-order valence-corrected chi connectivity index (χ2v) is 2.71. The Kier molecular flexibility index (Phi) is 7.62. The van der Waals surface area contributed by atoms with Crippen LogP contribution >= 0.6 is 0 Å². The topological polar surface area (TPSA) is 80.4 Å². The first-order chi connectivity index (χ1) is 5.77. The summed E-state index contributed by atoms with van der Waals surface area (Å²) in [6, 6.07) is 0. The van der Waals surface area contributed by atoms with Gasteiger partial charge in [-0.2, -0.15) is 0 Å². The Morgan fingerprint density at radius 3 is 1.62 bits per heavy atom. The number of carboxylic acid groups (broad SMARTS) is 1. The highest BCUT2D eigenvalue weighted by atomic mass is 16.4. The Balaban J connectivity index is 0. The van der Waals surface area contributed by atoms with Gasteiger partial charge in [-0.3, -0.25) is 4.79 Å². The van der Waals surface area contributed by atoms with Gasteiger partial charge in [-0.05, 0) is 20.8 Å². The van der Waals surface area contributed by atoms with Gasteiger partial charge in [0, 0.05) is 11.6 Å². The zero-order valence-electron chi connectivity index (χ0n) is 8.13. The summed E-state index contributed by atoms with van der Waals surface area (Å²) in [5.41, 5.74) is 5.89. The van der Waals surface area contributed by atoms with Gasteiger partial charge in [0.15, 0.2) is 0 Å². The zero-order chi connectivity index (χ0) is 11.0. The van der Waals surface area contributed by atoms with Crippen molar-refractivity contribution >= 4 is 11.9 Å². The molecule has 1 amide bonds. The third kappa shape index (κ3) is 17.9. The van der Waals surface area contributed by atoms with Crippen LogP contribution in [0, 0.1) is 0 Å². The average Bonchev–Trinajstić information content (AvgIpc) is 1.84. The van der Waals surface area contributed by atoms with Crippen molar-refractivity contribution in [1.82, 2.24) is 0 Å². The molecule has 0 bridgehead atoms. The first-order valence-electron chi connectivity index (χ1n) is 3.60. The number of aliphatic carboxylic acids is 1. The summed E-state index contributed by atoms with van der Waals surface area (Å²) in [5, 5.41) is 7.89. The number of nitrogens with two attached hydrogens (primary N) is 1. The molecule has 0 radical (unpaired) electrons. The number of allylic oxidation sites excluding steroid dienone is 1. The van der Waals surface area contributed by atoms with Crippen molar-refractivity contribution in [3.05, 3.63) is 23.8 Å². The predicted molar refractivity (Wildman–Crippen MR) is 51.1 cm³/mol. The number of hydrogen-bond acceptors (Lipinski definition) is 2. The van der Waals surface area contributed by atoms with Crippen LogP contribution in [-0.4, -0.2) is 17.0 Å². The smallest absolute Gasteiger partial charge is 0.330 e. The van der Waals surface area contributed by atoms with Crippen molar-refractivity contribution in [2.45, 2.75) is 20.8 Å². The summed E-state index contributed by atoms with van der Waals surface area (Å²) in [6.45, 7) is 8.25. The minimum Gasteiger partial charge on any atom is -0.478 e. The summed E-state index contributed by atoms with van der Waals surface area (Å²) in [6.07, 6.45) is 1.39. The van der Waals surface area contributed by atoms with Gasteiger partial charge in [-0.15, -0.1) is 0 Å². The number of rotatable bonds is 2. The van der Waals surface area contributed by atoms with Crippen LogP contribution in [0.15, 0.2) is 23.8 Å². The first-order valence-corrected chi connectivity index (χ1v) is 3.60. The fourth-order valence-electron chi connectivity index (χ4n) is 0.285. The molecule has 74 valence electrons.